The minimum Gasteiger partial charge on any atom is -0.508 e. The van der Waals surface area contributed by atoms with Gasteiger partial charge in [-0.25, -0.2) is 0 Å². The van der Waals surface area contributed by atoms with Gasteiger partial charge in [-0.3, -0.25) is 86.3 Å². The third kappa shape index (κ3) is 33.3. The van der Waals surface area contributed by atoms with Crippen molar-refractivity contribution in [1.29, 1.82) is 0 Å². The number of aromatic amines is 1. The van der Waals surface area contributed by atoms with Crippen LogP contribution in [0.25, 0.3) is 21.8 Å². The summed E-state index contributed by atoms with van der Waals surface area (Å²) in [6, 6.07) is -3.62. The van der Waals surface area contributed by atoms with Crippen molar-refractivity contribution in [3.63, 3.8) is 0 Å². The first-order chi connectivity index (χ1) is 68.7. The van der Waals surface area contributed by atoms with Crippen LogP contribution in [-0.2, 0) is 112 Å². The van der Waals surface area contributed by atoms with Crippen LogP contribution in [0.3, 0.4) is 0 Å². The Morgan fingerprint density at radius 1 is 0.552 bits per heavy atom. The van der Waals surface area contributed by atoms with Crippen molar-refractivity contribution in [2.24, 2.45) is 29.0 Å². The fourth-order valence-corrected chi connectivity index (χ4v) is 18.7. The summed E-state index contributed by atoms with van der Waals surface area (Å²) in [5, 5.41) is 114. The summed E-state index contributed by atoms with van der Waals surface area (Å²) in [5.74, 6) is -20.1. The van der Waals surface area contributed by atoms with Gasteiger partial charge in [-0.15, -0.1) is 11.8 Å². The number of hydrogen-bond donors (Lipinski definition) is 23. The molecule has 5 aromatic rings. The molecular weight excluding hydrogens is 1910 g/mol. The molecule has 0 aliphatic carbocycles. The van der Waals surface area contributed by atoms with E-state index in [2.05, 4.69) is 63.5 Å². The number of likely N-dealkylation sites (N-methyl/N-ethyl adjacent to an activating group) is 3. The zero-order chi connectivity index (χ0) is 107. The quantitative estimate of drug-likeness (QED) is 0.0187. The number of aliphatic hydroxyl groups is 6. The predicted octanol–water partition coefficient (Wildman–Crippen LogP) is -5.17. The van der Waals surface area contributed by atoms with Crippen LogP contribution >= 0.6 is 11.8 Å². The number of nitrogens with two attached hydrogens (primary N) is 3. The van der Waals surface area contributed by atoms with E-state index in [1.807, 2.05) is 13.8 Å². The van der Waals surface area contributed by atoms with Gasteiger partial charge in [-0.2, -0.15) is 0 Å². The number of unbranched alkanes of at least 4 members (excludes halogenated alkanes) is 2. The number of aliphatic hydroxyl groups excluding tert-OH is 6. The molecule has 798 valence electrons. The molecule has 2 aromatic heterocycles. The summed E-state index contributed by atoms with van der Waals surface area (Å²) in [7, 11) is 3.84. The van der Waals surface area contributed by atoms with Crippen molar-refractivity contribution >= 4 is 140 Å². The first-order valence-electron chi connectivity index (χ1n) is 48.8. The highest BCUT2D eigenvalue weighted by Gasteiger charge is 2.47. The highest BCUT2D eigenvalue weighted by Crippen LogP contribution is 2.29. The summed E-state index contributed by atoms with van der Waals surface area (Å²) in [4.78, 5) is 273. The number of thioether (sulfide) groups is 1. The Morgan fingerprint density at radius 2 is 1.10 bits per heavy atom. The van der Waals surface area contributed by atoms with Crippen molar-refractivity contribution in [3.05, 3.63) is 102 Å². The number of carbonyl (C=O) groups excluding carboxylic acids is 17. The van der Waals surface area contributed by atoms with Gasteiger partial charge in [0, 0.05) is 113 Å². The third-order valence-electron chi connectivity index (χ3n) is 25.9. The van der Waals surface area contributed by atoms with E-state index in [1.54, 1.807) is 82.4 Å². The third-order valence-corrected chi connectivity index (χ3v) is 26.9. The van der Waals surface area contributed by atoms with E-state index in [-0.39, 0.29) is 82.5 Å². The number of hydrogen-bond acceptors (Lipinski definition) is 28. The lowest BCUT2D eigenvalue weighted by atomic mass is 9.99. The maximum Gasteiger partial charge on any atom is 0.323 e. The average molecular weight is 2050 g/mol. The second kappa shape index (κ2) is 55.9. The molecule has 3 aliphatic rings. The van der Waals surface area contributed by atoms with Crippen molar-refractivity contribution in [2.75, 3.05) is 78.5 Å². The summed E-state index contributed by atoms with van der Waals surface area (Å²) in [6.07, 6.45) is -8.23. The van der Waals surface area contributed by atoms with Gasteiger partial charge < -0.3 is 151 Å². The number of aliphatic carboxylic acids is 1. The van der Waals surface area contributed by atoms with E-state index >= 15 is 47.9 Å². The van der Waals surface area contributed by atoms with E-state index in [1.165, 1.54) is 63.1 Å². The van der Waals surface area contributed by atoms with Gasteiger partial charge in [0.05, 0.1) is 37.5 Å². The van der Waals surface area contributed by atoms with Crippen LogP contribution in [0, 0.1) is 11.8 Å². The smallest absolute Gasteiger partial charge is 0.323 e. The minimum atomic E-state index is -2.14. The van der Waals surface area contributed by atoms with Crippen LogP contribution in [0.5, 0.6) is 5.75 Å². The number of carboxylic acid groups (broad SMARTS) is 1. The van der Waals surface area contributed by atoms with Gasteiger partial charge in [0.15, 0.2) is 0 Å². The lowest BCUT2D eigenvalue weighted by Crippen LogP contribution is -2.62. The zero-order valence-electron chi connectivity index (χ0n) is 83.3. The molecule has 47 nitrogen and oxygen atoms in total. The van der Waals surface area contributed by atoms with Gasteiger partial charge >= 0.3 is 5.97 Å². The highest BCUT2D eigenvalue weighted by molar-refractivity contribution is 8.00. The summed E-state index contributed by atoms with van der Waals surface area (Å²) in [6.45, 7) is 6.87. The Kier molecular flexibility index (Phi) is 45.2. The Bertz CT molecular complexity index is 5350. The standard InChI is InChI=1S/C97H143N21O26S/c1-11-13-23-72-90(137)106-63(34-51(3)4)87(134)112-70(85(132)103-44-79(100)125)49-145-50-80(126)104-66(36-54-27-29-57(120)30-28-54)93(140)113(8)53(7)84(131)108-68(40-78(99)124)95(142)117-33-19-26-73(117)91(138)111-69(42-101-43-76(122)82(129)83(130)77(123)48-119)89(136)109-65(35-52(5)6)96(143)118-46-58(121)39-75(118)92(139)107-64(37-55-41-102-61-22-17-15-20-59(55)61)88(135)105-62(31-32-98)86(133)110-67(94(141)115(10)74(24-14-12-2)97(144)114(72)9)38-56-45-116(47-81(127)128)71-25-18-16-21-60(56)71/h15-18,20-22,25,27-30,41,45,51-53,58,62-70,72-77,82-83,101-102,119-123,129-130H,11-14,19,23-24,26,31-40,42-44,46-50,98H2,1-10H3,(H2,99,124)(H2,100,125)(H,103,132)(H,104,126)(H,105,135)(H,106,137)(H,107,139)(H,108,131)(H,109,136)(H,110,133)(H,111,138)(H,112,134)(H,127,128)/t53-,58+,62-,63-,64-,65-,66-,67-,68-,69-,70-,72-,73-,74-,75-,76-,77+,82+,83+/m0/s1. The number of carbonyl (C=O) groups is 18. The zero-order valence-corrected chi connectivity index (χ0v) is 84.2. The highest BCUT2D eigenvalue weighted by atomic mass is 32.2. The van der Waals surface area contributed by atoms with E-state index in [4.69, 9.17) is 17.2 Å². The molecule has 26 N–H and O–H groups in total. The Morgan fingerprint density at radius 3 is 1.74 bits per heavy atom. The number of primary amides is 2. The maximum absolute atomic E-state index is 16.0. The number of para-hydroxylation sites is 2. The average Bonchev–Trinajstić information content (AvgIpc) is 1.64. The predicted molar refractivity (Wildman–Crippen MR) is 530 cm³/mol. The minimum absolute atomic E-state index is 0.0194. The first-order valence-corrected chi connectivity index (χ1v) is 50.0. The lowest BCUT2D eigenvalue weighted by Gasteiger charge is -2.36. The second-order valence-electron chi connectivity index (χ2n) is 38.0. The lowest BCUT2D eigenvalue weighted by molar-refractivity contribution is -0.149. The van der Waals surface area contributed by atoms with Crippen LogP contribution in [0.4, 0.5) is 0 Å². The SMILES string of the molecule is CCCC[C@H]1C(=O)N(C)[C@@H](CCCC)C(=O)N[C@@H](CC(C)C)C(=O)N[C@H](C(=O)NCC(N)=O)CSCC(=O)N[C@@H](Cc2ccc(O)cc2)C(=O)N(C)[C@@H](C)C(=O)N[C@@H](CC(N)=O)C(=O)N2CCC[C@H]2C(=O)N[C@@H](CNC[C@H](O)[C@@H](O)[C@H](O)[C@H](O)CO)C(=O)N[C@@H](CC(C)C)C(=O)N2C[C@H](O)C[C@H]2C(=O)N[C@@H](Cc2c[nH]c3ccccc23)C(=O)N[C@@H](CCN)C(=O)N[C@@H](Cc2cn(CC(=O)O)c3ccccc23)C(=O)N1C. The Hall–Kier alpha value is -13.0. The summed E-state index contributed by atoms with van der Waals surface area (Å²) in [5.41, 5.74) is 19.6. The number of H-pyrrole nitrogens is 1. The monoisotopic (exact) mass is 2050 g/mol. The number of phenolic OH excluding ortho intramolecular Hbond substituents is 1. The van der Waals surface area contributed by atoms with Gasteiger partial charge in [0.1, 0.15) is 115 Å². The molecule has 3 saturated heterocycles. The number of carboxylic acids is 1. The number of amides is 17. The number of aromatic nitrogens is 2. The largest absolute Gasteiger partial charge is 0.508 e. The molecule has 3 fully saturated rings. The molecule has 0 unspecified atom stereocenters. The van der Waals surface area contributed by atoms with Crippen molar-refractivity contribution in [3.8, 4) is 5.75 Å². The molecule has 0 saturated carbocycles. The van der Waals surface area contributed by atoms with Crippen LogP contribution < -0.4 is 75.7 Å². The van der Waals surface area contributed by atoms with Gasteiger partial charge in [0.2, 0.25) is 100 Å². The number of fused-ring (bicyclic) bond motifs is 4. The van der Waals surface area contributed by atoms with Crippen LogP contribution in [0.2, 0.25) is 0 Å². The molecule has 145 heavy (non-hydrogen) atoms. The number of rotatable bonds is 33. The van der Waals surface area contributed by atoms with Crippen LogP contribution in [0.1, 0.15) is 149 Å². The van der Waals surface area contributed by atoms with Crippen LogP contribution in [-0.4, -0.2) is 375 Å². The fourth-order valence-electron chi connectivity index (χ4n) is 17.8. The maximum atomic E-state index is 16.0. The topological polar surface area (TPSA) is 716 Å². The number of nitrogens with one attached hydrogen (secondary N) is 12. The van der Waals surface area contributed by atoms with Gasteiger partial charge in [-0.1, -0.05) is 116 Å². The Labute approximate surface area is 843 Å². The molecular formula is C97H143N21O26S. The number of nitrogens with zero attached hydrogens (tertiary/aromatic N) is 6. The van der Waals surface area contributed by atoms with Gasteiger partial charge in [-0.05, 0) is 111 Å². The molecule has 0 radical (unpaired) electrons. The summed E-state index contributed by atoms with van der Waals surface area (Å²) < 4.78 is 1.42. The van der Waals surface area contributed by atoms with E-state index in [0.717, 1.165) is 36.3 Å². The van der Waals surface area contributed by atoms with Crippen LogP contribution in [0.15, 0.2) is 85.2 Å². The van der Waals surface area contributed by atoms with Gasteiger partial charge in [0.25, 0.3) is 0 Å². The molecule has 3 aliphatic heterocycles. The van der Waals surface area contributed by atoms with Crippen molar-refractivity contribution in [2.45, 2.75) is 273 Å². The van der Waals surface area contributed by atoms with E-state index < -0.39 is 298 Å². The van der Waals surface area contributed by atoms with E-state index in [0.29, 0.717) is 64.2 Å². The molecule has 3 aromatic carbocycles. The normalized spacial score (nSPS) is 24.9. The molecule has 0 spiro atoms. The number of aromatic hydroxyl groups is 1. The van der Waals surface area contributed by atoms with Crippen molar-refractivity contribution in [1.82, 2.24) is 92.5 Å². The second-order valence-corrected chi connectivity index (χ2v) is 39.1. The van der Waals surface area contributed by atoms with Crippen molar-refractivity contribution < 1.29 is 127 Å². The van der Waals surface area contributed by atoms with E-state index in [9.17, 15) is 79.2 Å². The molecule has 19 atom stereocenters. The molecule has 0 bridgehead atoms. The number of benzene rings is 3. The summed E-state index contributed by atoms with van der Waals surface area (Å²) >= 11 is 0.758. The Balaban J connectivity index is 1.24. The molecule has 48 heteroatoms. The first kappa shape index (κ1) is 117. The molecule has 8 rings (SSSR count). The molecule has 5 heterocycles. The fraction of sp³-hybridized carbons (Fsp3) is 0.588. The number of phenols is 1. The molecule has 17 amide bonds.